The van der Waals surface area contributed by atoms with Crippen LogP contribution in [0, 0.1) is 6.92 Å². The number of aromatic amines is 1. The summed E-state index contributed by atoms with van der Waals surface area (Å²) in [5.74, 6) is 0.919. The fourth-order valence-electron chi connectivity index (χ4n) is 4.34. The average Bonchev–Trinajstić information content (AvgIpc) is 3.39. The van der Waals surface area contributed by atoms with Crippen molar-refractivity contribution in [3.8, 4) is 0 Å². The Morgan fingerprint density at radius 1 is 0.889 bits per heavy atom. The van der Waals surface area contributed by atoms with E-state index < -0.39 is 0 Å². The quantitative estimate of drug-likeness (QED) is 0.278. The van der Waals surface area contributed by atoms with Crippen molar-refractivity contribution in [3.05, 3.63) is 83.2 Å². The highest BCUT2D eigenvalue weighted by Gasteiger charge is 2.12. The maximum Gasteiger partial charge on any atom is 0.251 e. The van der Waals surface area contributed by atoms with Crippen LogP contribution in [0.1, 0.15) is 72.5 Å². The van der Waals surface area contributed by atoms with E-state index in [1.807, 2.05) is 43.6 Å². The lowest BCUT2D eigenvalue weighted by atomic mass is 10.1. The van der Waals surface area contributed by atoms with Gasteiger partial charge in [0.05, 0.1) is 12.2 Å². The lowest BCUT2D eigenvalue weighted by molar-refractivity contribution is 0.0952. The molecule has 0 aliphatic rings. The van der Waals surface area contributed by atoms with Gasteiger partial charge < -0.3 is 15.2 Å². The van der Waals surface area contributed by atoms with Crippen LogP contribution in [0.15, 0.2) is 55.0 Å². The summed E-state index contributed by atoms with van der Waals surface area (Å²) in [7, 11) is 0. The number of imidazole rings is 1. The van der Waals surface area contributed by atoms with Gasteiger partial charge >= 0.3 is 0 Å². The van der Waals surface area contributed by atoms with Crippen molar-refractivity contribution in [3.63, 3.8) is 0 Å². The van der Waals surface area contributed by atoms with Gasteiger partial charge in [-0.1, -0.05) is 32.0 Å². The molecule has 7 nitrogen and oxygen atoms in total. The first-order chi connectivity index (χ1) is 17.6. The SMILES string of the molecule is CCCN(CCC)CCCCNC(=O)c1ccc(CN(Cc2ccc(C)cn2)Cc2ncc[nH]2)cc1. The lowest BCUT2D eigenvalue weighted by Crippen LogP contribution is -2.28. The van der Waals surface area contributed by atoms with Crippen molar-refractivity contribution in [1.29, 1.82) is 0 Å². The number of unbranched alkanes of at least 4 members (excludes halogenated alkanes) is 1. The number of carbonyl (C=O) groups is 1. The van der Waals surface area contributed by atoms with E-state index in [4.69, 9.17) is 0 Å². The second-order valence-electron chi connectivity index (χ2n) is 9.51. The Kier molecular flexibility index (Phi) is 11.6. The topological polar surface area (TPSA) is 77.2 Å². The van der Waals surface area contributed by atoms with Crippen molar-refractivity contribution < 1.29 is 4.79 Å². The third-order valence-corrected chi connectivity index (χ3v) is 6.18. The molecule has 0 atom stereocenters. The van der Waals surface area contributed by atoms with Crippen LogP contribution in [0.3, 0.4) is 0 Å². The number of hydrogen-bond donors (Lipinski definition) is 2. The minimum absolute atomic E-state index is 0.00294. The molecule has 0 saturated carbocycles. The molecular weight excluding hydrogens is 448 g/mol. The van der Waals surface area contributed by atoms with Crippen LogP contribution in [-0.2, 0) is 19.6 Å². The van der Waals surface area contributed by atoms with Crippen LogP contribution >= 0.6 is 0 Å². The predicted molar refractivity (Wildman–Crippen MR) is 146 cm³/mol. The first kappa shape index (κ1) is 27.6. The fourth-order valence-corrected chi connectivity index (χ4v) is 4.34. The lowest BCUT2D eigenvalue weighted by Gasteiger charge is -2.21. The zero-order chi connectivity index (χ0) is 25.6. The maximum atomic E-state index is 12.6. The highest BCUT2D eigenvalue weighted by Crippen LogP contribution is 2.13. The van der Waals surface area contributed by atoms with Crippen LogP contribution in [0.5, 0.6) is 0 Å². The molecule has 0 aliphatic heterocycles. The van der Waals surface area contributed by atoms with Crippen molar-refractivity contribution in [2.24, 2.45) is 0 Å². The van der Waals surface area contributed by atoms with E-state index in [9.17, 15) is 4.79 Å². The molecule has 194 valence electrons. The normalized spacial score (nSPS) is 11.4. The Balaban J connectivity index is 1.49. The van der Waals surface area contributed by atoms with Crippen molar-refractivity contribution in [1.82, 2.24) is 30.1 Å². The van der Waals surface area contributed by atoms with Crippen molar-refractivity contribution in [2.45, 2.75) is 66.1 Å². The molecular formula is C29H42N6O. The standard InChI is InChI=1S/C29H42N6O/c1-4-17-34(18-5-2)19-7-6-14-32-29(36)26-11-9-25(10-12-26)21-35(23-28-30-15-16-31-28)22-27-13-8-24(3)20-33-27/h8-13,15-16,20H,4-7,14,17-19,21-23H2,1-3H3,(H,30,31)(H,32,36). The number of amides is 1. The summed E-state index contributed by atoms with van der Waals surface area (Å²) in [4.78, 5) is 29.6. The Morgan fingerprint density at radius 2 is 1.67 bits per heavy atom. The van der Waals surface area contributed by atoms with Crippen LogP contribution in [0.4, 0.5) is 0 Å². The molecule has 0 spiro atoms. The van der Waals surface area contributed by atoms with E-state index in [2.05, 4.69) is 56.0 Å². The largest absolute Gasteiger partial charge is 0.352 e. The monoisotopic (exact) mass is 490 g/mol. The first-order valence-corrected chi connectivity index (χ1v) is 13.3. The van der Waals surface area contributed by atoms with Crippen molar-refractivity contribution >= 4 is 5.91 Å². The molecule has 3 rings (SSSR count). The number of nitrogens with one attached hydrogen (secondary N) is 2. The Labute approximate surface area is 216 Å². The van der Waals surface area contributed by atoms with Gasteiger partial charge in [0.15, 0.2) is 0 Å². The molecule has 7 heteroatoms. The summed E-state index contributed by atoms with van der Waals surface area (Å²) in [6, 6.07) is 12.1. The van der Waals surface area contributed by atoms with E-state index in [0.717, 1.165) is 68.2 Å². The third-order valence-electron chi connectivity index (χ3n) is 6.18. The summed E-state index contributed by atoms with van der Waals surface area (Å²) in [6.45, 7) is 12.8. The first-order valence-electron chi connectivity index (χ1n) is 13.3. The molecule has 2 heterocycles. The Morgan fingerprint density at radius 3 is 2.31 bits per heavy atom. The third kappa shape index (κ3) is 9.55. The Bertz CT molecular complexity index is 995. The van der Waals surface area contributed by atoms with Gasteiger partial charge in [0.25, 0.3) is 5.91 Å². The number of carbonyl (C=O) groups excluding carboxylic acids is 1. The summed E-state index contributed by atoms with van der Waals surface area (Å²) in [5, 5.41) is 3.08. The number of hydrogen-bond acceptors (Lipinski definition) is 5. The number of benzene rings is 1. The summed E-state index contributed by atoms with van der Waals surface area (Å²) >= 11 is 0. The predicted octanol–water partition coefficient (Wildman–Crippen LogP) is 4.95. The van der Waals surface area contributed by atoms with Crippen molar-refractivity contribution in [2.75, 3.05) is 26.2 Å². The molecule has 2 aromatic heterocycles. The number of aryl methyl sites for hydroxylation is 1. The van der Waals surface area contributed by atoms with Gasteiger partial charge in [0.2, 0.25) is 0 Å². The number of rotatable bonds is 16. The highest BCUT2D eigenvalue weighted by atomic mass is 16.1. The van der Waals surface area contributed by atoms with Crippen LogP contribution in [0.2, 0.25) is 0 Å². The van der Waals surface area contributed by atoms with Crippen LogP contribution in [0.25, 0.3) is 0 Å². The van der Waals surface area contributed by atoms with Gasteiger partial charge in [-0.2, -0.15) is 0 Å². The zero-order valence-corrected chi connectivity index (χ0v) is 22.2. The van der Waals surface area contributed by atoms with Crippen LogP contribution < -0.4 is 5.32 Å². The van der Waals surface area contributed by atoms with E-state index in [-0.39, 0.29) is 5.91 Å². The molecule has 2 N–H and O–H groups in total. The molecule has 1 amide bonds. The molecule has 0 bridgehead atoms. The van der Waals surface area contributed by atoms with Gasteiger partial charge in [-0.3, -0.25) is 14.7 Å². The van der Waals surface area contributed by atoms with Gasteiger partial charge in [0.1, 0.15) is 5.82 Å². The molecule has 0 saturated heterocycles. The number of H-pyrrole nitrogens is 1. The number of nitrogens with zero attached hydrogens (tertiary/aromatic N) is 4. The second-order valence-corrected chi connectivity index (χ2v) is 9.51. The fraction of sp³-hybridized carbons (Fsp3) is 0.483. The molecule has 0 unspecified atom stereocenters. The molecule has 0 aliphatic carbocycles. The molecule has 1 aromatic carbocycles. The minimum Gasteiger partial charge on any atom is -0.352 e. The zero-order valence-electron chi connectivity index (χ0n) is 22.2. The molecule has 0 radical (unpaired) electrons. The van der Waals surface area contributed by atoms with E-state index in [1.54, 1.807) is 6.20 Å². The van der Waals surface area contributed by atoms with Gasteiger partial charge in [-0.25, -0.2) is 4.98 Å². The van der Waals surface area contributed by atoms with Gasteiger partial charge in [0, 0.05) is 43.8 Å². The number of pyridine rings is 1. The Hall–Kier alpha value is -3.03. The molecule has 0 fully saturated rings. The average molecular weight is 491 g/mol. The molecule has 36 heavy (non-hydrogen) atoms. The van der Waals surface area contributed by atoms with Gasteiger partial charge in [-0.05, 0) is 81.6 Å². The second kappa shape index (κ2) is 15.2. The maximum absolute atomic E-state index is 12.6. The minimum atomic E-state index is -0.00294. The van der Waals surface area contributed by atoms with E-state index in [0.29, 0.717) is 18.7 Å². The van der Waals surface area contributed by atoms with E-state index in [1.165, 1.54) is 12.8 Å². The number of aromatic nitrogens is 3. The summed E-state index contributed by atoms with van der Waals surface area (Å²) < 4.78 is 0. The van der Waals surface area contributed by atoms with E-state index >= 15 is 0 Å². The van der Waals surface area contributed by atoms with Crippen LogP contribution in [-0.4, -0.2) is 56.8 Å². The summed E-state index contributed by atoms with van der Waals surface area (Å²) in [5.41, 5.74) is 4.03. The smallest absolute Gasteiger partial charge is 0.251 e. The van der Waals surface area contributed by atoms with Gasteiger partial charge in [-0.15, -0.1) is 0 Å². The summed E-state index contributed by atoms with van der Waals surface area (Å²) in [6.07, 6.45) is 10.0. The highest BCUT2D eigenvalue weighted by molar-refractivity contribution is 5.94. The molecule has 3 aromatic rings.